The van der Waals surface area contributed by atoms with Crippen LogP contribution in [0.5, 0.6) is 5.75 Å². The van der Waals surface area contributed by atoms with Gasteiger partial charge in [0, 0.05) is 5.56 Å². The zero-order valence-corrected chi connectivity index (χ0v) is 9.71. The maximum absolute atomic E-state index is 11.3. The second kappa shape index (κ2) is 5.84. The minimum atomic E-state index is -0.805. The number of hydrogen-bond acceptors (Lipinski definition) is 4. The minimum Gasteiger partial charge on any atom is -0.418 e. The van der Waals surface area contributed by atoms with Crippen molar-refractivity contribution >= 4 is 6.16 Å². The van der Waals surface area contributed by atoms with Gasteiger partial charge in [-0.3, -0.25) is 5.73 Å². The van der Waals surface area contributed by atoms with E-state index in [9.17, 15) is 4.79 Å². The molecule has 18 heavy (non-hydrogen) atoms. The lowest BCUT2D eigenvalue weighted by Gasteiger charge is -2.09. The molecule has 0 radical (unpaired) electrons. The molecule has 0 aromatic heterocycles. The Morgan fingerprint density at radius 1 is 1.00 bits per heavy atom. The SMILES string of the molecule is NCOC(=O)Oc1ccccc1-c1ccccc1. The number of para-hydroxylation sites is 1. The van der Waals surface area contributed by atoms with Gasteiger partial charge in [0.1, 0.15) is 12.5 Å². The summed E-state index contributed by atoms with van der Waals surface area (Å²) in [6.45, 7) is -0.202. The molecule has 0 heterocycles. The third kappa shape index (κ3) is 2.87. The summed E-state index contributed by atoms with van der Waals surface area (Å²) in [5.74, 6) is 0.446. The Hall–Kier alpha value is -2.33. The van der Waals surface area contributed by atoms with Crippen LogP contribution in [0.25, 0.3) is 11.1 Å². The first-order valence-corrected chi connectivity index (χ1v) is 5.50. The first kappa shape index (κ1) is 12.1. The van der Waals surface area contributed by atoms with Crippen LogP contribution in [0.2, 0.25) is 0 Å². The van der Waals surface area contributed by atoms with Gasteiger partial charge in [-0.05, 0) is 11.6 Å². The molecule has 0 aliphatic rings. The van der Waals surface area contributed by atoms with E-state index in [-0.39, 0.29) is 6.73 Å². The van der Waals surface area contributed by atoms with Crippen LogP contribution in [-0.4, -0.2) is 12.9 Å². The van der Waals surface area contributed by atoms with E-state index >= 15 is 0 Å². The summed E-state index contributed by atoms with van der Waals surface area (Å²) in [4.78, 5) is 11.3. The zero-order chi connectivity index (χ0) is 12.8. The Morgan fingerprint density at radius 3 is 2.39 bits per heavy atom. The monoisotopic (exact) mass is 243 g/mol. The molecule has 0 saturated heterocycles. The van der Waals surface area contributed by atoms with E-state index in [0.29, 0.717) is 5.75 Å². The van der Waals surface area contributed by atoms with Gasteiger partial charge in [-0.1, -0.05) is 48.5 Å². The lowest BCUT2D eigenvalue weighted by Crippen LogP contribution is -2.16. The average molecular weight is 243 g/mol. The second-order valence-electron chi connectivity index (χ2n) is 3.53. The molecule has 0 amide bonds. The van der Waals surface area contributed by atoms with Crippen LogP contribution in [-0.2, 0) is 4.74 Å². The standard InChI is InChI=1S/C14H13NO3/c15-10-17-14(16)18-13-9-5-4-8-12(13)11-6-2-1-3-7-11/h1-9H,10,15H2. The Kier molecular flexibility index (Phi) is 3.94. The van der Waals surface area contributed by atoms with E-state index in [1.807, 2.05) is 42.5 Å². The summed E-state index contributed by atoms with van der Waals surface area (Å²) >= 11 is 0. The van der Waals surface area contributed by atoms with E-state index in [1.165, 1.54) is 0 Å². The Morgan fingerprint density at radius 2 is 1.67 bits per heavy atom. The molecule has 4 heteroatoms. The molecule has 92 valence electrons. The van der Waals surface area contributed by atoms with Gasteiger partial charge < -0.3 is 9.47 Å². The molecule has 0 spiro atoms. The highest BCUT2D eigenvalue weighted by molar-refractivity contribution is 5.74. The second-order valence-corrected chi connectivity index (χ2v) is 3.53. The van der Waals surface area contributed by atoms with Gasteiger partial charge in [-0.2, -0.15) is 0 Å². The molecule has 0 bridgehead atoms. The Bertz CT molecular complexity index is 526. The van der Waals surface area contributed by atoms with Gasteiger partial charge in [0.25, 0.3) is 0 Å². The van der Waals surface area contributed by atoms with Crippen molar-refractivity contribution in [1.82, 2.24) is 0 Å². The molecule has 4 nitrogen and oxygen atoms in total. The predicted octanol–water partition coefficient (Wildman–Crippen LogP) is 2.79. The van der Waals surface area contributed by atoms with E-state index in [2.05, 4.69) is 4.74 Å². The minimum absolute atomic E-state index is 0.202. The number of ether oxygens (including phenoxy) is 2. The highest BCUT2D eigenvalue weighted by Crippen LogP contribution is 2.29. The van der Waals surface area contributed by atoms with E-state index in [0.717, 1.165) is 11.1 Å². The molecule has 0 atom stereocenters. The Labute approximate surface area is 105 Å². The van der Waals surface area contributed by atoms with Gasteiger partial charge in [-0.25, -0.2) is 4.79 Å². The largest absolute Gasteiger partial charge is 0.515 e. The number of carbonyl (C=O) groups excluding carboxylic acids is 1. The highest BCUT2D eigenvalue weighted by Gasteiger charge is 2.10. The number of carbonyl (C=O) groups is 1. The van der Waals surface area contributed by atoms with Crippen LogP contribution in [0.1, 0.15) is 0 Å². The first-order chi connectivity index (χ1) is 8.81. The molecular formula is C14H13NO3. The molecule has 0 saturated carbocycles. The van der Waals surface area contributed by atoms with Crippen molar-refractivity contribution in [3.05, 3.63) is 54.6 Å². The first-order valence-electron chi connectivity index (χ1n) is 5.50. The maximum Gasteiger partial charge on any atom is 0.515 e. The van der Waals surface area contributed by atoms with Gasteiger partial charge >= 0.3 is 6.16 Å². The lowest BCUT2D eigenvalue weighted by atomic mass is 10.1. The van der Waals surface area contributed by atoms with Gasteiger partial charge in [0.15, 0.2) is 0 Å². The van der Waals surface area contributed by atoms with E-state index in [4.69, 9.17) is 10.5 Å². The predicted molar refractivity (Wildman–Crippen MR) is 68.0 cm³/mol. The average Bonchev–Trinajstić information content (AvgIpc) is 2.40. The van der Waals surface area contributed by atoms with E-state index in [1.54, 1.807) is 12.1 Å². The molecule has 2 aromatic carbocycles. The van der Waals surface area contributed by atoms with Crippen molar-refractivity contribution in [2.75, 3.05) is 6.73 Å². The summed E-state index contributed by atoms with van der Waals surface area (Å²) in [6, 6.07) is 16.9. The van der Waals surface area contributed by atoms with Crippen LogP contribution in [0.15, 0.2) is 54.6 Å². The van der Waals surface area contributed by atoms with Gasteiger partial charge in [0.05, 0.1) is 0 Å². The molecule has 0 aliphatic heterocycles. The number of benzene rings is 2. The van der Waals surface area contributed by atoms with Crippen molar-refractivity contribution in [2.24, 2.45) is 5.73 Å². The zero-order valence-electron chi connectivity index (χ0n) is 9.71. The van der Waals surface area contributed by atoms with Gasteiger partial charge in [-0.15, -0.1) is 0 Å². The van der Waals surface area contributed by atoms with Crippen molar-refractivity contribution in [2.45, 2.75) is 0 Å². The number of hydrogen-bond donors (Lipinski definition) is 1. The quantitative estimate of drug-likeness (QED) is 0.511. The molecule has 2 rings (SSSR count). The lowest BCUT2D eigenvalue weighted by molar-refractivity contribution is 0.102. The Balaban J connectivity index is 2.29. The van der Waals surface area contributed by atoms with Crippen molar-refractivity contribution in [3.8, 4) is 16.9 Å². The third-order valence-corrected chi connectivity index (χ3v) is 2.37. The fraction of sp³-hybridized carbons (Fsp3) is 0.0714. The molecule has 2 aromatic rings. The summed E-state index contributed by atoms with van der Waals surface area (Å²) in [7, 11) is 0. The van der Waals surface area contributed by atoms with Gasteiger partial charge in [0.2, 0.25) is 0 Å². The van der Waals surface area contributed by atoms with Crippen LogP contribution in [0.4, 0.5) is 4.79 Å². The fourth-order valence-electron chi connectivity index (χ4n) is 1.60. The number of nitrogens with two attached hydrogens (primary N) is 1. The van der Waals surface area contributed by atoms with Crippen LogP contribution in [0.3, 0.4) is 0 Å². The summed E-state index contributed by atoms with van der Waals surface area (Å²) in [6.07, 6.45) is -0.805. The van der Waals surface area contributed by atoms with Crippen LogP contribution >= 0.6 is 0 Å². The van der Waals surface area contributed by atoms with Crippen molar-refractivity contribution in [3.63, 3.8) is 0 Å². The maximum atomic E-state index is 11.3. The summed E-state index contributed by atoms with van der Waals surface area (Å²) < 4.78 is 9.65. The third-order valence-electron chi connectivity index (χ3n) is 2.37. The van der Waals surface area contributed by atoms with Crippen LogP contribution < -0.4 is 10.5 Å². The topological polar surface area (TPSA) is 61.5 Å². The smallest absolute Gasteiger partial charge is 0.418 e. The molecule has 0 aliphatic carbocycles. The molecule has 0 fully saturated rings. The van der Waals surface area contributed by atoms with Crippen molar-refractivity contribution in [1.29, 1.82) is 0 Å². The van der Waals surface area contributed by atoms with Crippen molar-refractivity contribution < 1.29 is 14.3 Å². The van der Waals surface area contributed by atoms with Crippen LogP contribution in [0, 0.1) is 0 Å². The highest BCUT2D eigenvalue weighted by atomic mass is 16.7. The summed E-state index contributed by atoms with van der Waals surface area (Å²) in [5.41, 5.74) is 6.90. The summed E-state index contributed by atoms with van der Waals surface area (Å²) in [5, 5.41) is 0. The number of rotatable bonds is 3. The molecule has 0 unspecified atom stereocenters. The molecule has 2 N–H and O–H groups in total. The fourth-order valence-corrected chi connectivity index (χ4v) is 1.60. The van der Waals surface area contributed by atoms with E-state index < -0.39 is 6.16 Å². The molecular weight excluding hydrogens is 230 g/mol. The normalized spacial score (nSPS) is 9.83.